The van der Waals surface area contributed by atoms with Gasteiger partial charge in [-0.15, -0.1) is 11.3 Å². The third-order valence-corrected chi connectivity index (χ3v) is 5.89. The highest BCUT2D eigenvalue weighted by Crippen LogP contribution is 2.38. The zero-order valence-electron chi connectivity index (χ0n) is 14.7. The Morgan fingerprint density at radius 1 is 1.25 bits per heavy atom. The van der Waals surface area contributed by atoms with E-state index in [4.69, 9.17) is 4.42 Å². The molecule has 0 spiro atoms. The second-order valence-corrected chi connectivity index (χ2v) is 7.56. The second kappa shape index (κ2) is 7.29. The summed E-state index contributed by atoms with van der Waals surface area (Å²) in [5.74, 6) is -0.0108. The molecule has 0 bridgehead atoms. The van der Waals surface area contributed by atoms with Gasteiger partial charge in [0.05, 0.1) is 10.5 Å². The number of hydrogen-bond donors (Lipinski definition) is 1. The summed E-state index contributed by atoms with van der Waals surface area (Å²) in [7, 11) is 0. The predicted octanol–water partition coefficient (Wildman–Crippen LogP) is 4.92. The number of nitrogens with one attached hydrogen (secondary N) is 1. The topological polar surface area (TPSA) is 109 Å². The van der Waals surface area contributed by atoms with Crippen LogP contribution in [0.3, 0.4) is 0 Å². The van der Waals surface area contributed by atoms with Crippen LogP contribution in [0.5, 0.6) is 0 Å². The fourth-order valence-corrected chi connectivity index (χ4v) is 4.56. The van der Waals surface area contributed by atoms with E-state index in [9.17, 15) is 20.2 Å². The van der Waals surface area contributed by atoms with E-state index in [2.05, 4.69) is 11.4 Å². The largest absolute Gasteiger partial charge is 0.451 e. The summed E-state index contributed by atoms with van der Waals surface area (Å²) in [6.45, 7) is 0. The van der Waals surface area contributed by atoms with Gasteiger partial charge in [0, 0.05) is 22.6 Å². The standard InChI is InChI=1S/C20H15N3O4S/c21-11-15-14-6-1-2-7-18(14)28-20(15)22-19(24)17-9-8-16(27-17)12-4-3-5-13(10-12)23(25)26/h3-5,8-10H,1-2,6-7H2,(H,22,24). The number of rotatable bonds is 4. The summed E-state index contributed by atoms with van der Waals surface area (Å²) in [5, 5.41) is 23.8. The quantitative estimate of drug-likeness (QED) is 0.500. The fourth-order valence-electron chi connectivity index (χ4n) is 3.32. The molecule has 0 aliphatic heterocycles. The average molecular weight is 393 g/mol. The van der Waals surface area contributed by atoms with E-state index in [1.54, 1.807) is 18.2 Å². The summed E-state index contributed by atoms with van der Waals surface area (Å²) in [5.41, 5.74) is 2.05. The number of thiophene rings is 1. The van der Waals surface area contributed by atoms with Gasteiger partial charge in [0.25, 0.3) is 11.6 Å². The van der Waals surface area contributed by atoms with Gasteiger partial charge in [0.2, 0.25) is 0 Å². The van der Waals surface area contributed by atoms with Crippen molar-refractivity contribution < 1.29 is 14.1 Å². The lowest BCUT2D eigenvalue weighted by molar-refractivity contribution is -0.384. The molecule has 7 nitrogen and oxygen atoms in total. The van der Waals surface area contributed by atoms with E-state index >= 15 is 0 Å². The first-order valence-corrected chi connectivity index (χ1v) is 9.59. The third kappa shape index (κ3) is 3.28. The van der Waals surface area contributed by atoms with E-state index in [1.807, 2.05) is 0 Å². The van der Waals surface area contributed by atoms with Gasteiger partial charge < -0.3 is 9.73 Å². The van der Waals surface area contributed by atoms with Crippen LogP contribution < -0.4 is 5.32 Å². The number of nitriles is 1. The van der Waals surface area contributed by atoms with E-state index in [1.165, 1.54) is 29.5 Å². The molecule has 4 rings (SSSR count). The van der Waals surface area contributed by atoms with Crippen molar-refractivity contribution in [2.45, 2.75) is 25.7 Å². The number of fused-ring (bicyclic) bond motifs is 1. The third-order valence-electron chi connectivity index (χ3n) is 4.68. The zero-order chi connectivity index (χ0) is 19.7. The van der Waals surface area contributed by atoms with Gasteiger partial charge in [-0.1, -0.05) is 12.1 Å². The molecule has 3 aromatic rings. The van der Waals surface area contributed by atoms with Crippen LogP contribution in [-0.4, -0.2) is 10.8 Å². The van der Waals surface area contributed by atoms with Gasteiger partial charge >= 0.3 is 0 Å². The Labute approximate surface area is 164 Å². The highest BCUT2D eigenvalue weighted by atomic mass is 32.1. The van der Waals surface area contributed by atoms with Crippen LogP contribution in [0.25, 0.3) is 11.3 Å². The first kappa shape index (κ1) is 17.9. The van der Waals surface area contributed by atoms with Crippen molar-refractivity contribution in [1.29, 1.82) is 5.26 Å². The van der Waals surface area contributed by atoms with Crippen molar-refractivity contribution in [1.82, 2.24) is 0 Å². The summed E-state index contributed by atoms with van der Waals surface area (Å²) in [6, 6.07) is 11.3. The van der Waals surface area contributed by atoms with Gasteiger partial charge in [-0.05, 0) is 43.4 Å². The van der Waals surface area contributed by atoms with E-state index in [-0.39, 0.29) is 11.4 Å². The molecule has 0 atom stereocenters. The Kier molecular flexibility index (Phi) is 4.67. The molecule has 0 unspecified atom stereocenters. The van der Waals surface area contributed by atoms with Crippen molar-refractivity contribution in [2.24, 2.45) is 0 Å². The SMILES string of the molecule is N#Cc1c(NC(=O)c2ccc(-c3cccc([N+](=O)[O-])c3)o2)sc2c1CCCC2. The molecule has 1 aliphatic carbocycles. The van der Waals surface area contributed by atoms with Gasteiger partial charge in [-0.3, -0.25) is 14.9 Å². The Bertz CT molecular complexity index is 1120. The van der Waals surface area contributed by atoms with E-state index < -0.39 is 10.8 Å². The van der Waals surface area contributed by atoms with Crippen LogP contribution in [0, 0.1) is 21.4 Å². The number of anilines is 1. The number of nitro benzene ring substituents is 1. The molecule has 1 N–H and O–H groups in total. The number of nitrogens with zero attached hydrogens (tertiary/aromatic N) is 2. The van der Waals surface area contributed by atoms with Crippen LogP contribution >= 0.6 is 11.3 Å². The van der Waals surface area contributed by atoms with Gasteiger partial charge in [0.15, 0.2) is 5.76 Å². The van der Waals surface area contributed by atoms with Gasteiger partial charge in [-0.2, -0.15) is 5.26 Å². The molecule has 8 heteroatoms. The number of furan rings is 1. The fraction of sp³-hybridized carbons (Fsp3) is 0.200. The van der Waals surface area contributed by atoms with Crippen LogP contribution in [0.2, 0.25) is 0 Å². The molecular weight excluding hydrogens is 378 g/mol. The van der Waals surface area contributed by atoms with E-state index in [0.717, 1.165) is 36.1 Å². The molecule has 1 aliphatic rings. The van der Waals surface area contributed by atoms with Crippen LogP contribution in [-0.2, 0) is 12.8 Å². The smallest absolute Gasteiger partial charge is 0.292 e. The highest BCUT2D eigenvalue weighted by molar-refractivity contribution is 7.16. The number of nitro groups is 1. The minimum atomic E-state index is -0.484. The minimum Gasteiger partial charge on any atom is -0.451 e. The first-order valence-electron chi connectivity index (χ1n) is 8.77. The Morgan fingerprint density at radius 2 is 2.07 bits per heavy atom. The van der Waals surface area contributed by atoms with Crippen LogP contribution in [0.15, 0.2) is 40.8 Å². The van der Waals surface area contributed by atoms with Crippen molar-refractivity contribution >= 4 is 27.9 Å². The van der Waals surface area contributed by atoms with Gasteiger partial charge in [-0.25, -0.2) is 0 Å². The monoisotopic (exact) mass is 393 g/mol. The second-order valence-electron chi connectivity index (χ2n) is 6.45. The van der Waals surface area contributed by atoms with Gasteiger partial charge in [0.1, 0.15) is 16.8 Å². The zero-order valence-corrected chi connectivity index (χ0v) is 15.5. The maximum absolute atomic E-state index is 12.6. The van der Waals surface area contributed by atoms with E-state index in [0.29, 0.717) is 21.9 Å². The van der Waals surface area contributed by atoms with Crippen molar-refractivity contribution in [3.8, 4) is 17.4 Å². The van der Waals surface area contributed by atoms with Crippen molar-refractivity contribution in [3.63, 3.8) is 0 Å². The highest BCUT2D eigenvalue weighted by Gasteiger charge is 2.23. The Morgan fingerprint density at radius 3 is 2.86 bits per heavy atom. The summed E-state index contributed by atoms with van der Waals surface area (Å²) in [6.07, 6.45) is 3.94. The maximum Gasteiger partial charge on any atom is 0.292 e. The molecule has 2 heterocycles. The number of non-ortho nitro benzene ring substituents is 1. The maximum atomic E-state index is 12.6. The Balaban J connectivity index is 1.58. The van der Waals surface area contributed by atoms with Crippen molar-refractivity contribution in [2.75, 3.05) is 5.32 Å². The molecule has 1 amide bonds. The van der Waals surface area contributed by atoms with Crippen LogP contribution in [0.4, 0.5) is 10.7 Å². The Hall–Kier alpha value is -3.44. The molecular formula is C20H15N3O4S. The molecule has 0 radical (unpaired) electrons. The lowest BCUT2D eigenvalue weighted by atomic mass is 9.96. The molecule has 2 aromatic heterocycles. The molecule has 0 saturated heterocycles. The number of hydrogen-bond acceptors (Lipinski definition) is 6. The number of carbonyl (C=O) groups is 1. The van der Waals surface area contributed by atoms with Crippen molar-refractivity contribution in [3.05, 3.63) is 68.3 Å². The number of amides is 1. The molecule has 140 valence electrons. The lowest BCUT2D eigenvalue weighted by Gasteiger charge is -2.09. The summed E-state index contributed by atoms with van der Waals surface area (Å²) in [4.78, 5) is 24.2. The predicted molar refractivity (Wildman–Crippen MR) is 104 cm³/mol. The molecule has 1 aromatic carbocycles. The molecule has 28 heavy (non-hydrogen) atoms. The summed E-state index contributed by atoms with van der Waals surface area (Å²) < 4.78 is 5.60. The molecule has 0 saturated carbocycles. The molecule has 0 fully saturated rings. The number of benzene rings is 1. The van der Waals surface area contributed by atoms with Crippen LogP contribution in [0.1, 0.15) is 39.4 Å². The normalized spacial score (nSPS) is 12.8. The summed E-state index contributed by atoms with van der Waals surface area (Å²) >= 11 is 1.45. The number of aryl methyl sites for hydroxylation is 1. The first-order chi connectivity index (χ1) is 13.6. The number of carbonyl (C=O) groups excluding carboxylic acids is 1. The minimum absolute atomic E-state index is 0.0530. The average Bonchev–Trinajstić information content (AvgIpc) is 3.32. The lowest BCUT2D eigenvalue weighted by Crippen LogP contribution is -2.10.